The number of aliphatic carboxylic acids is 1. The zero-order valence-corrected chi connectivity index (χ0v) is 13.2. The van der Waals surface area contributed by atoms with Crippen molar-refractivity contribution in [1.82, 2.24) is 4.90 Å². The van der Waals surface area contributed by atoms with E-state index >= 15 is 0 Å². The molecule has 3 heterocycles. The van der Waals surface area contributed by atoms with E-state index in [-0.39, 0.29) is 11.9 Å². The van der Waals surface area contributed by atoms with Crippen molar-refractivity contribution >= 4 is 11.9 Å². The number of benzene rings is 1. The summed E-state index contributed by atoms with van der Waals surface area (Å²) in [5, 5.41) is 9.58. The van der Waals surface area contributed by atoms with E-state index < -0.39 is 29.5 Å². The number of rotatable bonds is 5. The van der Waals surface area contributed by atoms with E-state index in [1.165, 1.54) is 0 Å². The Morgan fingerprint density at radius 2 is 2.12 bits per heavy atom. The summed E-state index contributed by atoms with van der Waals surface area (Å²) in [5.41, 5.74) is 0.176. The molecule has 2 bridgehead atoms. The summed E-state index contributed by atoms with van der Waals surface area (Å²) in [7, 11) is 0. The molecule has 5 heteroatoms. The molecular formula is C19H19NO4. The monoisotopic (exact) mass is 325 g/mol. The predicted molar refractivity (Wildman–Crippen MR) is 87.0 cm³/mol. The Morgan fingerprint density at radius 3 is 2.79 bits per heavy atom. The Bertz CT molecular complexity index is 728. The molecule has 1 amide bonds. The fourth-order valence-corrected chi connectivity index (χ4v) is 4.44. The van der Waals surface area contributed by atoms with Crippen LogP contribution in [-0.2, 0) is 20.9 Å². The fraction of sp³-hybridized carbons (Fsp3) is 0.368. The third kappa shape index (κ3) is 1.91. The standard InChI is InChI=1S/C19H19NO4/c1-2-6-14-19-10-9-13(24-19)15(18(22)23)16(19)17(21)20(14)11-12-7-4-3-5-8-12/h2-5,7-10,13-16H,1,6,11H2,(H,22,23)/t13-,14?,15?,16-,19+/m0/s1. The lowest BCUT2D eigenvalue weighted by atomic mass is 9.74. The van der Waals surface area contributed by atoms with Gasteiger partial charge in [-0.1, -0.05) is 48.6 Å². The van der Waals surface area contributed by atoms with E-state index in [1.54, 1.807) is 17.1 Å². The molecule has 124 valence electrons. The Kier molecular flexibility index (Phi) is 3.35. The highest BCUT2D eigenvalue weighted by Crippen LogP contribution is 2.55. The maximum absolute atomic E-state index is 13.1. The zero-order chi connectivity index (χ0) is 16.9. The second-order valence-electron chi connectivity index (χ2n) is 6.63. The highest BCUT2D eigenvalue weighted by Gasteiger charge is 2.70. The minimum absolute atomic E-state index is 0.134. The molecule has 24 heavy (non-hydrogen) atoms. The van der Waals surface area contributed by atoms with Gasteiger partial charge < -0.3 is 14.7 Å². The molecule has 3 aliphatic heterocycles. The molecule has 2 saturated heterocycles. The van der Waals surface area contributed by atoms with E-state index in [0.29, 0.717) is 13.0 Å². The van der Waals surface area contributed by atoms with Crippen LogP contribution in [0.4, 0.5) is 0 Å². The Labute approximate surface area is 140 Å². The second kappa shape index (κ2) is 5.31. The molecule has 1 N–H and O–H groups in total. The van der Waals surface area contributed by atoms with Gasteiger partial charge in [0.1, 0.15) is 11.5 Å². The number of carbonyl (C=O) groups is 2. The van der Waals surface area contributed by atoms with Crippen LogP contribution in [0, 0.1) is 11.8 Å². The van der Waals surface area contributed by atoms with E-state index in [1.807, 2.05) is 36.4 Å². The van der Waals surface area contributed by atoms with Crippen LogP contribution in [0.3, 0.4) is 0 Å². The van der Waals surface area contributed by atoms with Crippen molar-refractivity contribution in [3.63, 3.8) is 0 Å². The van der Waals surface area contributed by atoms with Crippen LogP contribution in [0.5, 0.6) is 0 Å². The van der Waals surface area contributed by atoms with E-state index in [2.05, 4.69) is 6.58 Å². The Morgan fingerprint density at radius 1 is 1.38 bits per heavy atom. The maximum atomic E-state index is 13.1. The molecule has 3 aliphatic rings. The smallest absolute Gasteiger partial charge is 0.310 e. The average Bonchev–Trinajstić information content (AvgIpc) is 3.20. The largest absolute Gasteiger partial charge is 0.481 e. The Hall–Kier alpha value is -2.40. The topological polar surface area (TPSA) is 66.8 Å². The van der Waals surface area contributed by atoms with E-state index in [4.69, 9.17) is 4.74 Å². The summed E-state index contributed by atoms with van der Waals surface area (Å²) in [4.78, 5) is 26.6. The number of fused-ring (bicyclic) bond motifs is 1. The van der Waals surface area contributed by atoms with Crippen LogP contribution >= 0.6 is 0 Å². The third-order valence-electron chi connectivity index (χ3n) is 5.40. The minimum Gasteiger partial charge on any atom is -0.481 e. The SMILES string of the molecule is C=CCC1N(Cc2ccccc2)C(=O)[C@@H]2C(C(=O)O)[C@@H]3C=C[C@@]12O3. The third-order valence-corrected chi connectivity index (χ3v) is 5.40. The molecule has 1 spiro atoms. The van der Waals surface area contributed by atoms with Crippen molar-refractivity contribution in [2.75, 3.05) is 0 Å². The maximum Gasteiger partial charge on any atom is 0.310 e. The van der Waals surface area contributed by atoms with Gasteiger partial charge in [0, 0.05) is 6.54 Å². The van der Waals surface area contributed by atoms with Crippen molar-refractivity contribution in [1.29, 1.82) is 0 Å². The first-order valence-corrected chi connectivity index (χ1v) is 8.14. The number of nitrogens with zero attached hydrogens (tertiary/aromatic N) is 1. The van der Waals surface area contributed by atoms with Gasteiger partial charge in [0.15, 0.2) is 0 Å². The summed E-state index contributed by atoms with van der Waals surface area (Å²) >= 11 is 0. The van der Waals surface area contributed by atoms with Crippen molar-refractivity contribution in [2.45, 2.75) is 30.7 Å². The molecule has 1 aromatic rings. The van der Waals surface area contributed by atoms with Crippen LogP contribution in [0.25, 0.3) is 0 Å². The first-order chi connectivity index (χ1) is 11.6. The molecule has 0 aromatic heterocycles. The van der Waals surface area contributed by atoms with Crippen LogP contribution < -0.4 is 0 Å². The lowest BCUT2D eigenvalue weighted by Crippen LogP contribution is -2.44. The summed E-state index contributed by atoms with van der Waals surface area (Å²) in [6.07, 6.45) is 5.52. The van der Waals surface area contributed by atoms with E-state index in [0.717, 1.165) is 5.56 Å². The van der Waals surface area contributed by atoms with Crippen LogP contribution in [0.15, 0.2) is 55.1 Å². The number of likely N-dealkylation sites (tertiary alicyclic amines) is 1. The van der Waals surface area contributed by atoms with Gasteiger partial charge in [-0.25, -0.2) is 0 Å². The normalized spacial score (nSPS) is 36.2. The number of hydrogen-bond acceptors (Lipinski definition) is 3. The fourth-order valence-electron chi connectivity index (χ4n) is 4.44. The highest BCUT2D eigenvalue weighted by molar-refractivity contribution is 5.91. The van der Waals surface area contributed by atoms with Gasteiger partial charge in [-0.2, -0.15) is 0 Å². The molecule has 5 nitrogen and oxygen atoms in total. The molecule has 0 saturated carbocycles. The van der Waals surface area contributed by atoms with Crippen LogP contribution in [0.2, 0.25) is 0 Å². The highest BCUT2D eigenvalue weighted by atomic mass is 16.5. The number of carbonyl (C=O) groups excluding carboxylic acids is 1. The number of ether oxygens (including phenoxy) is 1. The zero-order valence-electron chi connectivity index (χ0n) is 13.2. The first-order valence-electron chi connectivity index (χ1n) is 8.14. The van der Waals surface area contributed by atoms with Crippen molar-refractivity contribution in [2.24, 2.45) is 11.8 Å². The van der Waals surface area contributed by atoms with Gasteiger partial charge in [0.05, 0.1) is 18.1 Å². The van der Waals surface area contributed by atoms with Crippen LogP contribution in [0.1, 0.15) is 12.0 Å². The van der Waals surface area contributed by atoms with Crippen molar-refractivity contribution < 1.29 is 19.4 Å². The van der Waals surface area contributed by atoms with Gasteiger partial charge in [-0.05, 0) is 12.0 Å². The quantitative estimate of drug-likeness (QED) is 0.841. The van der Waals surface area contributed by atoms with Gasteiger partial charge in [0.2, 0.25) is 5.91 Å². The average molecular weight is 325 g/mol. The minimum atomic E-state index is -0.969. The van der Waals surface area contributed by atoms with Gasteiger partial charge in [-0.15, -0.1) is 6.58 Å². The Balaban J connectivity index is 1.73. The van der Waals surface area contributed by atoms with E-state index in [9.17, 15) is 14.7 Å². The number of amides is 1. The number of carboxylic acids is 1. The lowest BCUT2D eigenvalue weighted by molar-refractivity contribution is -0.148. The summed E-state index contributed by atoms with van der Waals surface area (Å²) in [6, 6.07) is 9.50. The summed E-state index contributed by atoms with van der Waals surface area (Å²) in [5.74, 6) is -2.57. The summed E-state index contributed by atoms with van der Waals surface area (Å²) < 4.78 is 6.06. The van der Waals surface area contributed by atoms with Gasteiger partial charge in [0.25, 0.3) is 0 Å². The molecule has 1 aromatic carbocycles. The van der Waals surface area contributed by atoms with Crippen molar-refractivity contribution in [3.05, 3.63) is 60.7 Å². The van der Waals surface area contributed by atoms with Gasteiger partial charge >= 0.3 is 5.97 Å². The lowest BCUT2D eigenvalue weighted by Gasteiger charge is -2.32. The molecular weight excluding hydrogens is 306 g/mol. The second-order valence-corrected chi connectivity index (χ2v) is 6.63. The first kappa shape index (κ1) is 15.1. The molecule has 0 radical (unpaired) electrons. The summed E-state index contributed by atoms with van der Waals surface area (Å²) in [6.45, 7) is 4.25. The molecule has 5 atom stereocenters. The number of carboxylic acid groups (broad SMARTS) is 1. The van der Waals surface area contributed by atoms with Crippen LogP contribution in [-0.4, -0.2) is 39.6 Å². The molecule has 0 aliphatic carbocycles. The van der Waals surface area contributed by atoms with Gasteiger partial charge in [-0.3, -0.25) is 9.59 Å². The number of hydrogen-bond donors (Lipinski definition) is 1. The van der Waals surface area contributed by atoms with Crippen molar-refractivity contribution in [3.8, 4) is 0 Å². The predicted octanol–water partition coefficient (Wildman–Crippen LogP) is 2.00. The molecule has 4 rings (SSSR count). The molecule has 2 fully saturated rings. The molecule has 2 unspecified atom stereocenters.